The lowest BCUT2D eigenvalue weighted by Gasteiger charge is -2.31. The Morgan fingerprint density at radius 3 is 2.47 bits per heavy atom. The zero-order chi connectivity index (χ0) is 24.4. The van der Waals surface area contributed by atoms with Crippen LogP contribution in [0.4, 0.5) is 27.8 Å². The third-order valence-electron chi connectivity index (χ3n) is 6.36. The van der Waals surface area contributed by atoms with Crippen LogP contribution in [0.5, 0.6) is 0 Å². The van der Waals surface area contributed by atoms with Crippen LogP contribution in [0.3, 0.4) is 0 Å². The summed E-state index contributed by atoms with van der Waals surface area (Å²) in [5.41, 5.74) is 4.17. The van der Waals surface area contributed by atoms with E-state index in [1.54, 1.807) is 10.8 Å². The fourth-order valence-electron chi connectivity index (χ4n) is 4.32. The lowest BCUT2D eigenvalue weighted by atomic mass is 9.90. The number of nitrogens with two attached hydrogens (primary N) is 1. The highest BCUT2D eigenvalue weighted by molar-refractivity contribution is 7.90. The molecule has 0 aliphatic heterocycles. The van der Waals surface area contributed by atoms with E-state index in [4.69, 9.17) is 5.73 Å². The van der Waals surface area contributed by atoms with Gasteiger partial charge in [0, 0.05) is 40.8 Å². The van der Waals surface area contributed by atoms with E-state index in [0.717, 1.165) is 18.2 Å². The van der Waals surface area contributed by atoms with Crippen LogP contribution < -0.4 is 10.5 Å². The fourth-order valence-corrected chi connectivity index (χ4v) is 5.67. The first-order chi connectivity index (χ1) is 15.9. The standard InChI is InChI=1S/C22H21F5N4O2S/c23-12-5-13(6-12)31-10-11(9-29-34(32,33)14-1-2-14)16-7-18(24)17(8-19(16)31)15-3-4-20(28)30-21(15)22(25,26)27/h3-4,7-8,10,12-14,29H,1-2,5-6,9H2,(H2,28,30). The summed E-state index contributed by atoms with van der Waals surface area (Å²) in [6, 6.07) is 4.32. The monoisotopic (exact) mass is 500 g/mol. The van der Waals surface area contributed by atoms with Crippen molar-refractivity contribution in [1.29, 1.82) is 0 Å². The minimum Gasteiger partial charge on any atom is -0.384 e. The molecule has 182 valence electrons. The predicted octanol–water partition coefficient (Wildman–Crippen LogP) is 4.70. The van der Waals surface area contributed by atoms with Crippen molar-refractivity contribution in [1.82, 2.24) is 14.3 Å². The Balaban J connectivity index is 1.63. The van der Waals surface area contributed by atoms with Gasteiger partial charge in [-0.25, -0.2) is 26.9 Å². The quantitative estimate of drug-likeness (QED) is 0.481. The van der Waals surface area contributed by atoms with Crippen LogP contribution in [0, 0.1) is 5.82 Å². The van der Waals surface area contributed by atoms with Gasteiger partial charge in [-0.2, -0.15) is 13.2 Å². The first-order valence-corrected chi connectivity index (χ1v) is 12.3. The molecule has 0 amide bonds. The number of hydrogen-bond acceptors (Lipinski definition) is 4. The number of aromatic nitrogens is 2. The fraction of sp³-hybridized carbons (Fsp3) is 0.409. The van der Waals surface area contributed by atoms with Gasteiger partial charge in [0.25, 0.3) is 0 Å². The summed E-state index contributed by atoms with van der Waals surface area (Å²) < 4.78 is 98.3. The molecule has 0 saturated heterocycles. The Hall–Kier alpha value is -2.73. The molecule has 0 unspecified atom stereocenters. The Morgan fingerprint density at radius 2 is 1.85 bits per heavy atom. The highest BCUT2D eigenvalue weighted by atomic mass is 32.2. The molecule has 2 heterocycles. The molecule has 0 spiro atoms. The summed E-state index contributed by atoms with van der Waals surface area (Å²) in [6.07, 6.45) is -2.68. The van der Waals surface area contributed by atoms with E-state index in [1.165, 1.54) is 6.07 Å². The van der Waals surface area contributed by atoms with Gasteiger partial charge in [0.2, 0.25) is 10.0 Å². The second-order valence-electron chi connectivity index (χ2n) is 8.83. The zero-order valence-electron chi connectivity index (χ0n) is 17.7. The van der Waals surface area contributed by atoms with Gasteiger partial charge in [0.15, 0.2) is 5.69 Å². The van der Waals surface area contributed by atoms with Crippen LogP contribution in [-0.4, -0.2) is 29.4 Å². The van der Waals surface area contributed by atoms with Gasteiger partial charge in [0.1, 0.15) is 17.8 Å². The molecule has 2 aliphatic carbocycles. The van der Waals surface area contributed by atoms with Gasteiger partial charge in [-0.1, -0.05) is 0 Å². The maximum Gasteiger partial charge on any atom is 0.434 e. The van der Waals surface area contributed by atoms with Crippen LogP contribution in [0.15, 0.2) is 30.5 Å². The third-order valence-corrected chi connectivity index (χ3v) is 8.25. The summed E-state index contributed by atoms with van der Waals surface area (Å²) >= 11 is 0. The number of nitrogens with one attached hydrogen (secondary N) is 1. The van der Waals surface area contributed by atoms with Crippen molar-refractivity contribution in [2.45, 2.75) is 55.9 Å². The molecule has 34 heavy (non-hydrogen) atoms. The molecule has 3 N–H and O–H groups in total. The lowest BCUT2D eigenvalue weighted by molar-refractivity contribution is -0.140. The zero-order valence-corrected chi connectivity index (χ0v) is 18.6. The first kappa shape index (κ1) is 23.0. The number of rotatable bonds is 6. The molecule has 3 aromatic rings. The Kier molecular flexibility index (Phi) is 5.36. The second kappa shape index (κ2) is 7.91. The van der Waals surface area contributed by atoms with Crippen molar-refractivity contribution < 1.29 is 30.4 Å². The van der Waals surface area contributed by atoms with E-state index in [1.807, 2.05) is 0 Å². The van der Waals surface area contributed by atoms with Crippen molar-refractivity contribution in [2.75, 3.05) is 5.73 Å². The molecule has 1 aromatic carbocycles. The normalized spacial score (nSPS) is 21.1. The first-order valence-electron chi connectivity index (χ1n) is 10.7. The summed E-state index contributed by atoms with van der Waals surface area (Å²) in [5.74, 6) is -1.28. The Morgan fingerprint density at radius 1 is 1.15 bits per heavy atom. The molecule has 0 atom stereocenters. The van der Waals surface area contributed by atoms with E-state index in [-0.39, 0.29) is 36.8 Å². The summed E-state index contributed by atoms with van der Waals surface area (Å²) in [5, 5.41) is -0.0964. The molecule has 0 radical (unpaired) electrons. The van der Waals surface area contributed by atoms with E-state index < -0.39 is 44.7 Å². The van der Waals surface area contributed by atoms with E-state index in [2.05, 4.69) is 9.71 Å². The smallest absolute Gasteiger partial charge is 0.384 e. The van der Waals surface area contributed by atoms with Gasteiger partial charge < -0.3 is 10.3 Å². The van der Waals surface area contributed by atoms with E-state index in [9.17, 15) is 26.0 Å². The molecule has 2 fully saturated rings. The van der Waals surface area contributed by atoms with Crippen LogP contribution in [-0.2, 0) is 22.7 Å². The van der Waals surface area contributed by atoms with Crippen molar-refractivity contribution in [2.24, 2.45) is 0 Å². The topological polar surface area (TPSA) is 90.0 Å². The Bertz CT molecular complexity index is 1380. The molecule has 0 bridgehead atoms. The predicted molar refractivity (Wildman–Crippen MR) is 116 cm³/mol. The second-order valence-corrected chi connectivity index (χ2v) is 10.9. The summed E-state index contributed by atoms with van der Waals surface area (Å²) in [6.45, 7) is -0.107. The average Bonchev–Trinajstić information content (AvgIpc) is 3.53. The number of anilines is 1. The van der Waals surface area contributed by atoms with Gasteiger partial charge in [-0.3, -0.25) is 0 Å². The number of alkyl halides is 4. The Labute approximate surface area is 192 Å². The number of nitrogens with zero attached hydrogens (tertiary/aromatic N) is 2. The highest BCUT2D eigenvalue weighted by Crippen LogP contribution is 2.42. The van der Waals surface area contributed by atoms with Crippen LogP contribution in [0.2, 0.25) is 0 Å². The average molecular weight is 500 g/mol. The van der Waals surface area contributed by atoms with Gasteiger partial charge in [-0.05, 0) is 55.5 Å². The molecule has 2 aliphatic rings. The molecule has 12 heteroatoms. The van der Waals surface area contributed by atoms with Gasteiger partial charge >= 0.3 is 6.18 Å². The molecule has 5 rings (SSSR count). The summed E-state index contributed by atoms with van der Waals surface area (Å²) in [4.78, 5) is 3.37. The molecule has 2 saturated carbocycles. The van der Waals surface area contributed by atoms with Gasteiger partial charge in [0.05, 0.1) is 5.25 Å². The maximum atomic E-state index is 15.2. The van der Waals surface area contributed by atoms with Crippen molar-refractivity contribution in [3.63, 3.8) is 0 Å². The largest absolute Gasteiger partial charge is 0.434 e. The summed E-state index contributed by atoms with van der Waals surface area (Å²) in [7, 11) is -3.51. The molecule has 6 nitrogen and oxygen atoms in total. The molecular formula is C22H21F5N4O2S. The number of benzene rings is 1. The number of fused-ring (bicyclic) bond motifs is 1. The maximum absolute atomic E-state index is 15.2. The number of nitrogen functional groups attached to an aromatic ring is 1. The minimum absolute atomic E-state index is 0.107. The third kappa shape index (κ3) is 4.13. The van der Waals surface area contributed by atoms with E-state index in [0.29, 0.717) is 29.3 Å². The van der Waals surface area contributed by atoms with Crippen LogP contribution in [0.1, 0.15) is 43.0 Å². The SMILES string of the molecule is Nc1ccc(-c2cc3c(cc2F)c(CNS(=O)(=O)C2CC2)cn3C2CC(F)C2)c(C(F)(F)F)n1. The van der Waals surface area contributed by atoms with Crippen LogP contribution in [0.25, 0.3) is 22.0 Å². The lowest BCUT2D eigenvalue weighted by Crippen LogP contribution is -2.28. The number of hydrogen-bond donors (Lipinski definition) is 2. The van der Waals surface area contributed by atoms with Gasteiger partial charge in [-0.15, -0.1) is 0 Å². The number of sulfonamides is 1. The van der Waals surface area contributed by atoms with Crippen molar-refractivity contribution in [3.8, 4) is 11.1 Å². The van der Waals surface area contributed by atoms with Crippen LogP contribution >= 0.6 is 0 Å². The van der Waals surface area contributed by atoms with Crippen molar-refractivity contribution in [3.05, 3.63) is 47.5 Å². The number of halogens is 5. The number of pyridine rings is 1. The minimum atomic E-state index is -4.87. The molecule has 2 aromatic heterocycles. The molecular weight excluding hydrogens is 479 g/mol. The highest BCUT2D eigenvalue weighted by Gasteiger charge is 2.38. The van der Waals surface area contributed by atoms with Crippen molar-refractivity contribution >= 4 is 26.7 Å². The van der Waals surface area contributed by atoms with E-state index >= 15 is 4.39 Å².